The second-order valence-corrected chi connectivity index (χ2v) is 6.00. The minimum Gasteiger partial charge on any atom is -0.354 e. The van der Waals surface area contributed by atoms with E-state index in [0.717, 1.165) is 5.56 Å². The largest absolute Gasteiger partial charge is 0.354 e. The summed E-state index contributed by atoms with van der Waals surface area (Å²) in [7, 11) is 1.85. The van der Waals surface area contributed by atoms with E-state index in [9.17, 15) is 9.59 Å². The molecule has 0 bridgehead atoms. The quantitative estimate of drug-likeness (QED) is 0.664. The fourth-order valence-electron chi connectivity index (χ4n) is 2.40. The third-order valence-corrected chi connectivity index (χ3v) is 4.03. The van der Waals surface area contributed by atoms with Crippen LogP contribution < -0.4 is 16.0 Å². The van der Waals surface area contributed by atoms with Gasteiger partial charge in [0.2, 0.25) is 5.91 Å². The highest BCUT2D eigenvalue weighted by molar-refractivity contribution is 5.94. The number of carbonyl (C=O) groups excluding carboxylic acids is 2. The molecule has 140 valence electrons. The van der Waals surface area contributed by atoms with Gasteiger partial charge < -0.3 is 16.0 Å². The van der Waals surface area contributed by atoms with E-state index in [0.29, 0.717) is 12.1 Å². The SMILES string of the molecule is CNC(C)CNC(=O)CC(NC(=O)c1ccccc1)c1ccccc1.Cl. The van der Waals surface area contributed by atoms with Gasteiger partial charge in [0.15, 0.2) is 0 Å². The molecule has 0 fully saturated rings. The predicted molar refractivity (Wildman–Crippen MR) is 106 cm³/mol. The summed E-state index contributed by atoms with van der Waals surface area (Å²) < 4.78 is 0. The summed E-state index contributed by atoms with van der Waals surface area (Å²) in [5.74, 6) is -0.282. The van der Waals surface area contributed by atoms with Crippen LogP contribution in [0.4, 0.5) is 0 Å². The Morgan fingerprint density at radius 1 is 0.962 bits per heavy atom. The minimum atomic E-state index is -0.376. The lowest BCUT2D eigenvalue weighted by Crippen LogP contribution is -2.39. The van der Waals surface area contributed by atoms with Crippen molar-refractivity contribution < 1.29 is 9.59 Å². The summed E-state index contributed by atoms with van der Waals surface area (Å²) in [6, 6.07) is 18.4. The van der Waals surface area contributed by atoms with E-state index in [1.807, 2.05) is 62.5 Å². The van der Waals surface area contributed by atoms with E-state index in [2.05, 4.69) is 16.0 Å². The summed E-state index contributed by atoms with van der Waals surface area (Å²) >= 11 is 0. The Hall–Kier alpha value is -2.37. The zero-order valence-corrected chi connectivity index (χ0v) is 15.9. The topological polar surface area (TPSA) is 70.2 Å². The van der Waals surface area contributed by atoms with Gasteiger partial charge in [-0.15, -0.1) is 12.4 Å². The Bertz CT molecular complexity index is 680. The average molecular weight is 376 g/mol. The molecule has 5 nitrogen and oxygen atoms in total. The van der Waals surface area contributed by atoms with Gasteiger partial charge in [-0.1, -0.05) is 48.5 Å². The standard InChI is InChI=1S/C20H25N3O2.ClH/c1-15(21-2)14-22-19(24)13-18(16-9-5-3-6-10-16)23-20(25)17-11-7-4-8-12-17;/h3-12,15,18,21H,13-14H2,1-2H3,(H,22,24)(H,23,25);1H. The molecule has 26 heavy (non-hydrogen) atoms. The lowest BCUT2D eigenvalue weighted by molar-refractivity contribution is -0.121. The average Bonchev–Trinajstić information content (AvgIpc) is 2.66. The Kier molecular flexibility index (Phi) is 9.41. The van der Waals surface area contributed by atoms with Crippen LogP contribution >= 0.6 is 12.4 Å². The van der Waals surface area contributed by atoms with Crippen LogP contribution in [-0.2, 0) is 4.79 Å². The molecule has 2 amide bonds. The molecule has 0 saturated carbocycles. The van der Waals surface area contributed by atoms with Crippen LogP contribution in [0.5, 0.6) is 0 Å². The van der Waals surface area contributed by atoms with Crippen molar-refractivity contribution in [1.82, 2.24) is 16.0 Å². The van der Waals surface area contributed by atoms with Crippen molar-refractivity contribution >= 4 is 24.2 Å². The first-order chi connectivity index (χ1) is 12.1. The molecule has 2 rings (SSSR count). The molecular formula is C20H26ClN3O2. The van der Waals surface area contributed by atoms with Crippen LogP contribution in [0.15, 0.2) is 60.7 Å². The van der Waals surface area contributed by atoms with Crippen LogP contribution in [0.1, 0.15) is 35.3 Å². The third-order valence-electron chi connectivity index (χ3n) is 4.03. The van der Waals surface area contributed by atoms with Gasteiger partial charge in [-0.2, -0.15) is 0 Å². The number of rotatable bonds is 8. The number of carbonyl (C=O) groups is 2. The highest BCUT2D eigenvalue weighted by Crippen LogP contribution is 2.17. The molecule has 0 aromatic heterocycles. The van der Waals surface area contributed by atoms with E-state index in [4.69, 9.17) is 0 Å². The second kappa shape index (κ2) is 11.3. The first kappa shape index (κ1) is 21.7. The van der Waals surface area contributed by atoms with Gasteiger partial charge in [0, 0.05) is 18.2 Å². The minimum absolute atomic E-state index is 0. The smallest absolute Gasteiger partial charge is 0.251 e. The second-order valence-electron chi connectivity index (χ2n) is 6.00. The number of nitrogens with one attached hydrogen (secondary N) is 3. The number of hydrogen-bond donors (Lipinski definition) is 3. The van der Waals surface area contributed by atoms with Crippen LogP contribution in [0, 0.1) is 0 Å². The Balaban J connectivity index is 0.00000338. The zero-order valence-electron chi connectivity index (χ0n) is 15.1. The van der Waals surface area contributed by atoms with Crippen LogP contribution in [0.25, 0.3) is 0 Å². The first-order valence-corrected chi connectivity index (χ1v) is 8.45. The summed E-state index contributed by atoms with van der Waals surface area (Å²) in [6.45, 7) is 2.54. The highest BCUT2D eigenvalue weighted by Gasteiger charge is 2.19. The van der Waals surface area contributed by atoms with Gasteiger partial charge in [0.1, 0.15) is 0 Å². The molecule has 0 spiro atoms. The molecule has 6 heteroatoms. The maximum absolute atomic E-state index is 12.5. The van der Waals surface area contributed by atoms with Crippen molar-refractivity contribution in [2.75, 3.05) is 13.6 Å². The molecule has 3 N–H and O–H groups in total. The van der Waals surface area contributed by atoms with Crippen molar-refractivity contribution in [1.29, 1.82) is 0 Å². The zero-order chi connectivity index (χ0) is 18.1. The molecule has 0 heterocycles. The number of hydrogen-bond acceptors (Lipinski definition) is 3. The van der Waals surface area contributed by atoms with Gasteiger partial charge in [0.05, 0.1) is 12.5 Å². The highest BCUT2D eigenvalue weighted by atomic mass is 35.5. The van der Waals surface area contributed by atoms with E-state index >= 15 is 0 Å². The molecule has 2 atom stereocenters. The lowest BCUT2D eigenvalue weighted by atomic mass is 10.0. The summed E-state index contributed by atoms with van der Waals surface area (Å²) in [5.41, 5.74) is 1.48. The normalized spacial score (nSPS) is 12.4. The predicted octanol–water partition coefficient (Wildman–Crippen LogP) is 2.69. The van der Waals surface area contributed by atoms with Gasteiger partial charge in [-0.25, -0.2) is 0 Å². The molecule has 0 aliphatic heterocycles. The van der Waals surface area contributed by atoms with Gasteiger partial charge in [-0.3, -0.25) is 9.59 Å². The van der Waals surface area contributed by atoms with Gasteiger partial charge >= 0.3 is 0 Å². The molecule has 2 aromatic carbocycles. The van der Waals surface area contributed by atoms with E-state index in [1.165, 1.54) is 0 Å². The first-order valence-electron chi connectivity index (χ1n) is 8.45. The monoisotopic (exact) mass is 375 g/mol. The fraction of sp³-hybridized carbons (Fsp3) is 0.300. The summed E-state index contributed by atoms with van der Waals surface area (Å²) in [4.78, 5) is 24.7. The van der Waals surface area contributed by atoms with Gasteiger partial charge in [0.25, 0.3) is 5.91 Å². The maximum atomic E-state index is 12.5. The Morgan fingerprint density at radius 2 is 1.54 bits per heavy atom. The van der Waals surface area contributed by atoms with Crippen molar-refractivity contribution in [2.45, 2.75) is 25.4 Å². The molecule has 0 radical (unpaired) electrons. The van der Waals surface area contributed by atoms with E-state index < -0.39 is 0 Å². The summed E-state index contributed by atoms with van der Waals surface area (Å²) in [6.07, 6.45) is 0.193. The number of halogens is 1. The molecule has 0 aliphatic rings. The van der Waals surface area contributed by atoms with Crippen molar-refractivity contribution in [2.24, 2.45) is 0 Å². The maximum Gasteiger partial charge on any atom is 0.251 e. The molecule has 2 aromatic rings. The van der Waals surface area contributed by atoms with Gasteiger partial charge in [-0.05, 0) is 31.7 Å². The summed E-state index contributed by atoms with van der Waals surface area (Å²) in [5, 5.41) is 8.94. The van der Waals surface area contributed by atoms with E-state index in [-0.39, 0.29) is 42.7 Å². The molecule has 0 saturated heterocycles. The molecule has 0 aliphatic carbocycles. The van der Waals surface area contributed by atoms with E-state index in [1.54, 1.807) is 12.1 Å². The number of likely N-dealkylation sites (N-methyl/N-ethyl adjacent to an activating group) is 1. The van der Waals surface area contributed by atoms with Crippen molar-refractivity contribution in [3.8, 4) is 0 Å². The third kappa shape index (κ3) is 6.86. The van der Waals surface area contributed by atoms with Crippen LogP contribution in [0.2, 0.25) is 0 Å². The molecular weight excluding hydrogens is 350 g/mol. The lowest BCUT2D eigenvalue weighted by Gasteiger charge is -2.20. The van der Waals surface area contributed by atoms with Crippen LogP contribution in [0.3, 0.4) is 0 Å². The number of amides is 2. The molecule has 2 unspecified atom stereocenters. The van der Waals surface area contributed by atoms with Crippen LogP contribution in [-0.4, -0.2) is 31.4 Å². The number of benzene rings is 2. The van der Waals surface area contributed by atoms with Crippen molar-refractivity contribution in [3.05, 3.63) is 71.8 Å². The Labute approximate surface area is 161 Å². The van der Waals surface area contributed by atoms with Crippen molar-refractivity contribution in [3.63, 3.8) is 0 Å². The fourth-order valence-corrected chi connectivity index (χ4v) is 2.40. The Morgan fingerprint density at radius 3 is 2.12 bits per heavy atom.